The predicted molar refractivity (Wildman–Crippen MR) is 307 cm³/mol. The van der Waals surface area contributed by atoms with E-state index in [1.807, 2.05) is 0 Å². The summed E-state index contributed by atoms with van der Waals surface area (Å²) in [4.78, 5) is 40.8. The molecule has 8 nitrogen and oxygen atoms in total. The molecule has 0 aliphatic heterocycles. The van der Waals surface area contributed by atoms with E-state index in [1.165, 1.54) is 283 Å². The van der Waals surface area contributed by atoms with Crippen molar-refractivity contribution in [1.29, 1.82) is 0 Å². The first-order valence-corrected chi connectivity index (χ1v) is 31.9. The Kier molecular flexibility index (Phi) is 92.1. The Morgan fingerprint density at radius 2 is 0.270 bits per heavy atom. The molecule has 0 fully saturated rings. The molecule has 0 aromatic rings. The van der Waals surface area contributed by atoms with E-state index < -0.39 is 23.9 Å². The molecule has 0 aliphatic carbocycles. The van der Waals surface area contributed by atoms with E-state index in [0.717, 1.165) is 51.4 Å². The second kappa shape index (κ2) is 80.9. The Bertz CT molecular complexity index is 887. The normalized spacial score (nSPS) is 10.4. The monoisotopic (exact) mass is 1050 g/mol. The Balaban J connectivity index is -0.000000206. The largest absolute Gasteiger partial charge is 3.00 e. The van der Waals surface area contributed by atoms with Crippen LogP contribution in [0.25, 0.3) is 0 Å². The van der Waals surface area contributed by atoms with Crippen molar-refractivity contribution in [2.45, 2.75) is 387 Å². The van der Waals surface area contributed by atoms with Crippen LogP contribution >= 0.6 is 0 Å². The Labute approximate surface area is 484 Å². The van der Waals surface area contributed by atoms with Crippen LogP contribution in [0.4, 0.5) is 0 Å². The van der Waals surface area contributed by atoms with E-state index in [2.05, 4.69) is 27.7 Å². The van der Waals surface area contributed by atoms with Gasteiger partial charge in [0.05, 0.1) is 0 Å². The summed E-state index contributed by atoms with van der Waals surface area (Å²) in [6.07, 6.45) is 67.7. The van der Waals surface area contributed by atoms with Crippen molar-refractivity contribution >= 4 is 41.2 Å². The molecule has 74 heavy (non-hydrogen) atoms. The third-order valence-corrected chi connectivity index (χ3v) is 13.9. The minimum atomic E-state index is -0.905. The molecule has 0 radical (unpaired) electrons. The van der Waals surface area contributed by atoms with Crippen LogP contribution in [0.5, 0.6) is 0 Å². The van der Waals surface area contributed by atoms with Gasteiger partial charge in [0.15, 0.2) is 0 Å². The molecule has 0 saturated heterocycles. The summed E-state index contributed by atoms with van der Waals surface area (Å²) in [5.41, 5.74) is 0. The fourth-order valence-corrected chi connectivity index (χ4v) is 9.15. The maximum atomic E-state index is 10.2. The number of hydrogen-bond acceptors (Lipinski definition) is 8. The zero-order valence-electron chi connectivity index (χ0n) is 50.4. The number of rotatable bonds is 56. The molecule has 0 rings (SSSR count). The fraction of sp³-hybridized carbons (Fsp3) is 0.938. The topological polar surface area (TPSA) is 161 Å². The number of carboxylic acids is 4. The number of aliphatic carboxylic acids is 4. The summed E-state index contributed by atoms with van der Waals surface area (Å²) < 4.78 is 0. The number of hydrogen-bond donors (Lipinski definition) is 0. The number of carbonyl (C=O) groups is 4. The molecule has 0 spiro atoms. The summed E-state index contributed by atoms with van der Waals surface area (Å²) in [5, 5.41) is 40.8. The molecule has 432 valence electrons. The van der Waals surface area contributed by atoms with Crippen molar-refractivity contribution in [2.75, 3.05) is 0 Å². The maximum absolute atomic E-state index is 10.2. The van der Waals surface area contributed by atoms with Crippen molar-refractivity contribution in [2.24, 2.45) is 0 Å². The van der Waals surface area contributed by atoms with E-state index in [0.29, 0.717) is 0 Å². The minimum Gasteiger partial charge on any atom is -0.550 e. The van der Waals surface area contributed by atoms with Crippen molar-refractivity contribution in [3.05, 3.63) is 0 Å². The van der Waals surface area contributed by atoms with E-state index in [9.17, 15) is 39.6 Å². The van der Waals surface area contributed by atoms with Crippen molar-refractivity contribution in [3.63, 3.8) is 0 Å². The van der Waals surface area contributed by atoms with Gasteiger partial charge in [-0.1, -0.05) is 336 Å². The average Bonchev–Trinajstić information content (AvgIpc) is 3.35. The Hall–Kier alpha value is -0.990. The number of carbonyl (C=O) groups excluding carboxylic acids is 4. The molecule has 0 atom stereocenters. The molecule has 0 heterocycles. The first kappa shape index (κ1) is 84.3. The molecule has 0 aromatic heterocycles. The Morgan fingerprint density at radius 3 is 0.351 bits per heavy atom. The second-order valence-electron chi connectivity index (χ2n) is 21.5. The van der Waals surface area contributed by atoms with Crippen molar-refractivity contribution in [1.82, 2.24) is 0 Å². The van der Waals surface area contributed by atoms with Crippen LogP contribution in [-0.2, 0) is 19.2 Å². The van der Waals surface area contributed by atoms with Gasteiger partial charge in [-0.3, -0.25) is 0 Å². The van der Waals surface area contributed by atoms with E-state index in [4.69, 9.17) is 0 Å². The maximum Gasteiger partial charge on any atom is 3.00 e. The van der Waals surface area contributed by atoms with Gasteiger partial charge in [-0.2, -0.15) is 0 Å². The molecule has 0 saturated carbocycles. The van der Waals surface area contributed by atoms with Gasteiger partial charge in [0.2, 0.25) is 0 Å². The molecule has 0 amide bonds. The van der Waals surface area contributed by atoms with E-state index in [1.54, 1.807) is 0 Å². The zero-order valence-corrected chi connectivity index (χ0v) is 51.6. The minimum absolute atomic E-state index is 0. The zero-order chi connectivity index (χ0) is 53.9. The molecule has 10 heteroatoms. The average molecular weight is 1060 g/mol. The third-order valence-electron chi connectivity index (χ3n) is 13.9. The molecule has 0 bridgehead atoms. The van der Waals surface area contributed by atoms with Crippen LogP contribution in [0.15, 0.2) is 0 Å². The molecule has 0 N–H and O–H groups in total. The summed E-state index contributed by atoms with van der Waals surface area (Å²) in [7, 11) is 0. The van der Waals surface area contributed by atoms with Crippen LogP contribution in [0.3, 0.4) is 0 Å². The third kappa shape index (κ3) is 100.0. The quantitative estimate of drug-likeness (QED) is 0.0430. The first-order valence-electron chi connectivity index (χ1n) is 31.9. The molecule has 0 aliphatic rings. The predicted octanol–water partition coefficient (Wildman–Crippen LogP) is 13.5. The summed E-state index contributed by atoms with van der Waals surface area (Å²) in [5.74, 6) is -3.62. The smallest absolute Gasteiger partial charge is 0.550 e. The summed E-state index contributed by atoms with van der Waals surface area (Å²) in [6.45, 7) is 9.03. The van der Waals surface area contributed by atoms with Gasteiger partial charge < -0.3 is 39.6 Å². The van der Waals surface area contributed by atoms with Crippen LogP contribution < -0.4 is 39.3 Å². The number of carboxylic acid groups (broad SMARTS) is 4. The van der Waals surface area contributed by atoms with Crippen LogP contribution in [0, 0.1) is 0 Å². The second-order valence-corrected chi connectivity index (χ2v) is 21.5. The number of unbranched alkanes of at least 4 members (excludes halogenated alkanes) is 48. The molecule has 0 aromatic carbocycles. The molecule has 0 unspecified atom stereocenters. The van der Waals surface area contributed by atoms with E-state index in [-0.39, 0.29) is 61.9 Å². The summed E-state index contributed by atoms with van der Waals surface area (Å²) >= 11 is 0. The fourth-order valence-electron chi connectivity index (χ4n) is 9.15. The SMILES string of the molecule is CCCCCCCCCCCCCCCC(=O)[O-].CCCCCCCCCCCCCCCC(=O)[O-].CCCCCCCCCCCCCCCC(=O)[O-].CCCCCCCCCCCCCCCC(=O)[O-].[Al+3].[Li+]. The Morgan fingerprint density at radius 1 is 0.189 bits per heavy atom. The molecular formula is C64H124AlLiO8. The van der Waals surface area contributed by atoms with Crippen LogP contribution in [0.1, 0.15) is 387 Å². The standard InChI is InChI=1S/4C16H32O2.Al.Li/c4*1-2-3-4-5-6-7-8-9-10-11-12-13-14-15-16(17)18;;/h4*2-15H2,1H3,(H,17,18);;/q;;;;+3;+1/p-4. The van der Waals surface area contributed by atoms with Crippen molar-refractivity contribution in [3.8, 4) is 0 Å². The molecular weight excluding hydrogens is 931 g/mol. The summed E-state index contributed by atoms with van der Waals surface area (Å²) in [6, 6.07) is 0. The van der Waals surface area contributed by atoms with Crippen LogP contribution in [-0.4, -0.2) is 41.2 Å². The van der Waals surface area contributed by atoms with Gasteiger partial charge in [-0.15, -0.1) is 0 Å². The van der Waals surface area contributed by atoms with Crippen LogP contribution in [0.2, 0.25) is 0 Å². The van der Waals surface area contributed by atoms with Gasteiger partial charge in [0, 0.05) is 23.9 Å². The van der Waals surface area contributed by atoms with Crippen molar-refractivity contribution < 1.29 is 58.5 Å². The van der Waals surface area contributed by atoms with Gasteiger partial charge in [-0.05, 0) is 51.4 Å². The van der Waals surface area contributed by atoms with Gasteiger partial charge in [-0.25, -0.2) is 0 Å². The van der Waals surface area contributed by atoms with Gasteiger partial charge >= 0.3 is 36.2 Å². The van der Waals surface area contributed by atoms with Gasteiger partial charge in [0.25, 0.3) is 0 Å². The van der Waals surface area contributed by atoms with E-state index >= 15 is 0 Å². The first-order chi connectivity index (χ1) is 35.1. The van der Waals surface area contributed by atoms with Gasteiger partial charge in [0.1, 0.15) is 0 Å².